The smallest absolute Gasteiger partial charge is 0.216 e. The van der Waals surface area contributed by atoms with Gasteiger partial charge in [-0.15, -0.1) is 0 Å². The Morgan fingerprint density at radius 3 is 2.50 bits per heavy atom. The Morgan fingerprint density at radius 1 is 1.00 bits per heavy atom. The highest BCUT2D eigenvalue weighted by Crippen LogP contribution is 2.24. The highest BCUT2D eigenvalue weighted by Gasteiger charge is 2.36. The van der Waals surface area contributed by atoms with Gasteiger partial charge in [0, 0.05) is 25.7 Å². The second kappa shape index (κ2) is 6.30. The lowest BCUT2D eigenvalue weighted by Crippen LogP contribution is -2.40. The van der Waals surface area contributed by atoms with Gasteiger partial charge in [-0.3, -0.25) is 4.90 Å². The molecule has 20 heavy (non-hydrogen) atoms. The predicted molar refractivity (Wildman–Crippen MR) is 78.2 cm³/mol. The van der Waals surface area contributed by atoms with Crippen LogP contribution in [0.2, 0.25) is 0 Å². The number of rotatable bonds is 4. The van der Waals surface area contributed by atoms with E-state index < -0.39 is 10.0 Å². The summed E-state index contributed by atoms with van der Waals surface area (Å²) < 4.78 is 32.3. The lowest BCUT2D eigenvalue weighted by atomic mass is 10.1. The molecule has 0 saturated carbocycles. The van der Waals surface area contributed by atoms with Crippen LogP contribution in [0, 0.1) is 0 Å². The second-order valence-electron chi connectivity index (χ2n) is 6.31. The van der Waals surface area contributed by atoms with E-state index >= 15 is 0 Å². The van der Waals surface area contributed by atoms with Gasteiger partial charge in [0.2, 0.25) is 10.0 Å². The first-order valence-corrected chi connectivity index (χ1v) is 9.59. The van der Waals surface area contributed by atoms with Crippen LogP contribution in [0.3, 0.4) is 0 Å². The molecule has 0 spiro atoms. The number of nitrogens with zero attached hydrogens (tertiary/aromatic N) is 2. The molecule has 3 rings (SSSR count). The molecule has 3 saturated heterocycles. The Bertz CT molecular complexity index is 414. The molecule has 6 heteroatoms. The summed E-state index contributed by atoms with van der Waals surface area (Å²) in [5.74, 6) is 0.180. The summed E-state index contributed by atoms with van der Waals surface area (Å²) in [6.45, 7) is 4.39. The van der Waals surface area contributed by atoms with Crippen LogP contribution in [-0.2, 0) is 14.8 Å². The molecule has 0 radical (unpaired) electrons. The van der Waals surface area contributed by atoms with E-state index in [0.717, 1.165) is 45.4 Å². The SMILES string of the molecule is O=S(=O)(C[C@H]1CCCCO1)N1CC[C@@H](N2CCCC2)C1. The summed E-state index contributed by atoms with van der Waals surface area (Å²) in [4.78, 5) is 2.46. The zero-order valence-corrected chi connectivity index (χ0v) is 13.0. The Labute approximate surface area is 122 Å². The van der Waals surface area contributed by atoms with Gasteiger partial charge in [0.05, 0.1) is 11.9 Å². The lowest BCUT2D eigenvalue weighted by molar-refractivity contribution is 0.0299. The molecule has 3 aliphatic heterocycles. The van der Waals surface area contributed by atoms with E-state index in [0.29, 0.717) is 19.1 Å². The number of hydrogen-bond donors (Lipinski definition) is 0. The minimum Gasteiger partial charge on any atom is -0.377 e. The zero-order valence-electron chi connectivity index (χ0n) is 12.2. The normalized spacial score (nSPS) is 33.8. The Hall–Kier alpha value is -0.170. The third kappa shape index (κ3) is 3.35. The zero-order chi connectivity index (χ0) is 14.0. The van der Waals surface area contributed by atoms with Gasteiger partial charge in [0.15, 0.2) is 0 Å². The summed E-state index contributed by atoms with van der Waals surface area (Å²) in [6, 6.07) is 0.444. The molecule has 3 heterocycles. The van der Waals surface area contributed by atoms with Crippen molar-refractivity contribution in [3.63, 3.8) is 0 Å². The van der Waals surface area contributed by atoms with E-state index in [-0.39, 0.29) is 11.9 Å². The maximum Gasteiger partial charge on any atom is 0.216 e. The van der Waals surface area contributed by atoms with Crippen molar-refractivity contribution in [3.8, 4) is 0 Å². The van der Waals surface area contributed by atoms with Crippen molar-refractivity contribution in [1.29, 1.82) is 0 Å². The largest absolute Gasteiger partial charge is 0.377 e. The summed E-state index contributed by atoms with van der Waals surface area (Å²) in [5.41, 5.74) is 0. The third-order valence-electron chi connectivity index (χ3n) is 4.85. The minimum absolute atomic E-state index is 0.0837. The van der Waals surface area contributed by atoms with E-state index in [1.165, 1.54) is 12.8 Å². The Balaban J connectivity index is 1.55. The van der Waals surface area contributed by atoms with Crippen molar-refractivity contribution in [2.75, 3.05) is 38.5 Å². The Kier molecular flexibility index (Phi) is 4.65. The van der Waals surface area contributed by atoms with Crippen molar-refractivity contribution >= 4 is 10.0 Å². The van der Waals surface area contributed by atoms with Crippen LogP contribution in [0.25, 0.3) is 0 Å². The van der Waals surface area contributed by atoms with E-state index in [1.807, 2.05) is 0 Å². The van der Waals surface area contributed by atoms with E-state index in [9.17, 15) is 8.42 Å². The molecule has 0 aliphatic carbocycles. The summed E-state index contributed by atoms with van der Waals surface area (Å²) >= 11 is 0. The maximum atomic E-state index is 12.5. The fourth-order valence-electron chi connectivity index (χ4n) is 3.65. The molecular formula is C14H26N2O3S. The van der Waals surface area contributed by atoms with Crippen molar-refractivity contribution in [2.24, 2.45) is 0 Å². The molecule has 0 amide bonds. The van der Waals surface area contributed by atoms with Gasteiger partial charge in [-0.1, -0.05) is 0 Å². The second-order valence-corrected chi connectivity index (χ2v) is 8.32. The van der Waals surface area contributed by atoms with Gasteiger partial charge in [-0.2, -0.15) is 0 Å². The summed E-state index contributed by atoms with van der Waals surface area (Å²) in [7, 11) is -3.14. The lowest BCUT2D eigenvalue weighted by Gasteiger charge is -2.26. The molecule has 0 N–H and O–H groups in total. The highest BCUT2D eigenvalue weighted by molar-refractivity contribution is 7.89. The van der Waals surface area contributed by atoms with Gasteiger partial charge >= 0.3 is 0 Å². The van der Waals surface area contributed by atoms with Crippen LogP contribution in [0.1, 0.15) is 38.5 Å². The number of hydrogen-bond acceptors (Lipinski definition) is 4. The predicted octanol–water partition coefficient (Wildman–Crippen LogP) is 1.06. The van der Waals surface area contributed by atoms with E-state index in [4.69, 9.17) is 4.74 Å². The van der Waals surface area contributed by atoms with E-state index in [2.05, 4.69) is 4.90 Å². The van der Waals surface area contributed by atoms with Crippen LogP contribution in [0.15, 0.2) is 0 Å². The standard InChI is InChI=1S/C14H26N2O3S/c17-20(18,12-14-5-1-4-10-19-14)16-9-6-13(11-16)15-7-2-3-8-15/h13-14H,1-12H2/t13-,14-/m1/s1. The molecule has 0 aromatic rings. The first kappa shape index (κ1) is 14.8. The molecule has 0 bridgehead atoms. The van der Waals surface area contributed by atoms with Crippen molar-refractivity contribution in [1.82, 2.24) is 9.21 Å². The van der Waals surface area contributed by atoms with Crippen LogP contribution >= 0.6 is 0 Å². The summed E-state index contributed by atoms with van der Waals surface area (Å²) in [5, 5.41) is 0. The minimum atomic E-state index is -3.14. The van der Waals surface area contributed by atoms with Gasteiger partial charge in [0.25, 0.3) is 0 Å². The average molecular weight is 302 g/mol. The molecule has 5 nitrogen and oxygen atoms in total. The molecule has 3 fully saturated rings. The fourth-order valence-corrected chi connectivity index (χ4v) is 5.37. The third-order valence-corrected chi connectivity index (χ3v) is 6.76. The molecular weight excluding hydrogens is 276 g/mol. The van der Waals surface area contributed by atoms with Crippen LogP contribution in [-0.4, -0.2) is 68.3 Å². The van der Waals surface area contributed by atoms with Crippen molar-refractivity contribution in [2.45, 2.75) is 50.7 Å². The number of ether oxygens (including phenoxy) is 1. The fraction of sp³-hybridized carbons (Fsp3) is 1.00. The molecule has 0 aromatic carbocycles. The van der Waals surface area contributed by atoms with Crippen LogP contribution < -0.4 is 0 Å². The quantitative estimate of drug-likeness (QED) is 0.779. The molecule has 116 valence electrons. The Morgan fingerprint density at radius 2 is 1.80 bits per heavy atom. The van der Waals surface area contributed by atoms with Gasteiger partial charge in [0.1, 0.15) is 0 Å². The van der Waals surface area contributed by atoms with Gasteiger partial charge in [-0.25, -0.2) is 12.7 Å². The molecule has 0 unspecified atom stereocenters. The highest BCUT2D eigenvalue weighted by atomic mass is 32.2. The first-order valence-electron chi connectivity index (χ1n) is 7.99. The topological polar surface area (TPSA) is 49.9 Å². The van der Waals surface area contributed by atoms with E-state index in [1.54, 1.807) is 4.31 Å². The monoisotopic (exact) mass is 302 g/mol. The number of sulfonamides is 1. The van der Waals surface area contributed by atoms with Gasteiger partial charge in [-0.05, 0) is 51.6 Å². The van der Waals surface area contributed by atoms with Crippen molar-refractivity contribution in [3.05, 3.63) is 0 Å². The van der Waals surface area contributed by atoms with Crippen LogP contribution in [0.4, 0.5) is 0 Å². The molecule has 2 atom stereocenters. The molecule has 0 aromatic heterocycles. The maximum absolute atomic E-state index is 12.5. The summed E-state index contributed by atoms with van der Waals surface area (Å²) in [6.07, 6.45) is 6.49. The number of likely N-dealkylation sites (tertiary alicyclic amines) is 1. The van der Waals surface area contributed by atoms with Gasteiger partial charge < -0.3 is 4.74 Å². The van der Waals surface area contributed by atoms with Crippen LogP contribution in [0.5, 0.6) is 0 Å². The average Bonchev–Trinajstić information content (AvgIpc) is 3.11. The first-order chi connectivity index (χ1) is 9.65. The molecule has 3 aliphatic rings. The van der Waals surface area contributed by atoms with Crippen molar-refractivity contribution < 1.29 is 13.2 Å².